The first-order valence-corrected chi connectivity index (χ1v) is 6.86. The van der Waals surface area contributed by atoms with Gasteiger partial charge in [-0.3, -0.25) is 4.98 Å². The highest BCUT2D eigenvalue weighted by atomic mass is 32.2. The van der Waals surface area contributed by atoms with Crippen LogP contribution in [0.1, 0.15) is 24.9 Å². The van der Waals surface area contributed by atoms with E-state index in [0.717, 1.165) is 11.4 Å². The Hall–Kier alpha value is -1.39. The van der Waals surface area contributed by atoms with Crippen molar-refractivity contribution in [1.82, 2.24) is 15.3 Å². The summed E-state index contributed by atoms with van der Waals surface area (Å²) in [6.07, 6.45) is 6.27. The Morgan fingerprint density at radius 1 is 1.22 bits per heavy atom. The van der Waals surface area contributed by atoms with Crippen molar-refractivity contribution < 1.29 is 0 Å². The predicted octanol–water partition coefficient (Wildman–Crippen LogP) is 3.30. The SMILES string of the molecule is CCC(NC)c1ccc(Sc2cnccn2)cc1. The Morgan fingerprint density at radius 2 is 2.00 bits per heavy atom. The van der Waals surface area contributed by atoms with Crippen LogP contribution in [0.15, 0.2) is 52.8 Å². The molecule has 1 heterocycles. The molecule has 4 heteroatoms. The molecule has 1 atom stereocenters. The van der Waals surface area contributed by atoms with Gasteiger partial charge in [-0.05, 0) is 31.2 Å². The molecule has 0 saturated heterocycles. The molecule has 3 nitrogen and oxygen atoms in total. The Morgan fingerprint density at radius 3 is 2.56 bits per heavy atom. The lowest BCUT2D eigenvalue weighted by atomic mass is 10.1. The molecular weight excluding hydrogens is 242 g/mol. The van der Waals surface area contributed by atoms with Crippen LogP contribution in [-0.4, -0.2) is 17.0 Å². The lowest BCUT2D eigenvalue weighted by molar-refractivity contribution is 0.576. The summed E-state index contributed by atoms with van der Waals surface area (Å²) in [5.74, 6) is 0. The van der Waals surface area contributed by atoms with Crippen molar-refractivity contribution in [3.63, 3.8) is 0 Å². The van der Waals surface area contributed by atoms with Crippen LogP contribution >= 0.6 is 11.8 Å². The number of hydrogen-bond acceptors (Lipinski definition) is 4. The highest BCUT2D eigenvalue weighted by molar-refractivity contribution is 7.99. The van der Waals surface area contributed by atoms with Gasteiger partial charge >= 0.3 is 0 Å². The first-order chi connectivity index (χ1) is 8.83. The van der Waals surface area contributed by atoms with Crippen molar-refractivity contribution in [3.05, 3.63) is 48.4 Å². The molecule has 94 valence electrons. The fourth-order valence-electron chi connectivity index (χ4n) is 1.83. The molecule has 0 spiro atoms. The zero-order valence-corrected chi connectivity index (χ0v) is 11.4. The van der Waals surface area contributed by atoms with Gasteiger partial charge in [-0.15, -0.1) is 0 Å². The molecule has 0 fully saturated rings. The minimum Gasteiger partial charge on any atom is -0.313 e. The average molecular weight is 259 g/mol. The Labute approximate surface area is 112 Å². The normalized spacial score (nSPS) is 12.3. The smallest absolute Gasteiger partial charge is 0.119 e. The van der Waals surface area contributed by atoms with Crippen molar-refractivity contribution in [2.24, 2.45) is 0 Å². The molecule has 2 aromatic rings. The van der Waals surface area contributed by atoms with E-state index in [0.29, 0.717) is 6.04 Å². The summed E-state index contributed by atoms with van der Waals surface area (Å²) in [4.78, 5) is 9.50. The van der Waals surface area contributed by atoms with E-state index in [4.69, 9.17) is 0 Å². The fourth-order valence-corrected chi connectivity index (χ4v) is 2.57. The first kappa shape index (κ1) is 13.1. The van der Waals surface area contributed by atoms with Crippen LogP contribution in [0.5, 0.6) is 0 Å². The second kappa shape index (κ2) is 6.52. The van der Waals surface area contributed by atoms with Gasteiger partial charge in [0.05, 0.1) is 6.20 Å². The van der Waals surface area contributed by atoms with Crippen LogP contribution in [0.3, 0.4) is 0 Å². The zero-order valence-electron chi connectivity index (χ0n) is 10.6. The molecule has 0 radical (unpaired) electrons. The van der Waals surface area contributed by atoms with Crippen LogP contribution in [0.4, 0.5) is 0 Å². The minimum atomic E-state index is 0.431. The van der Waals surface area contributed by atoms with E-state index in [1.165, 1.54) is 10.5 Å². The van der Waals surface area contributed by atoms with E-state index in [9.17, 15) is 0 Å². The number of nitrogens with zero attached hydrogens (tertiary/aromatic N) is 2. The van der Waals surface area contributed by atoms with Gasteiger partial charge in [0.1, 0.15) is 5.03 Å². The summed E-state index contributed by atoms with van der Waals surface area (Å²) >= 11 is 1.63. The monoisotopic (exact) mass is 259 g/mol. The number of nitrogens with one attached hydrogen (secondary N) is 1. The van der Waals surface area contributed by atoms with E-state index < -0.39 is 0 Å². The van der Waals surface area contributed by atoms with Crippen molar-refractivity contribution in [1.29, 1.82) is 0 Å². The highest BCUT2D eigenvalue weighted by Crippen LogP contribution is 2.26. The molecule has 18 heavy (non-hydrogen) atoms. The van der Waals surface area contributed by atoms with Crippen LogP contribution in [0.25, 0.3) is 0 Å². The van der Waals surface area contributed by atoms with Gasteiger partial charge < -0.3 is 5.32 Å². The number of hydrogen-bond donors (Lipinski definition) is 1. The molecule has 0 saturated carbocycles. The summed E-state index contributed by atoms with van der Waals surface area (Å²) in [6.45, 7) is 2.18. The largest absolute Gasteiger partial charge is 0.313 e. The zero-order chi connectivity index (χ0) is 12.8. The average Bonchev–Trinajstić information content (AvgIpc) is 2.43. The quantitative estimate of drug-likeness (QED) is 0.894. The van der Waals surface area contributed by atoms with E-state index in [1.807, 2.05) is 7.05 Å². The molecule has 1 aromatic heterocycles. The van der Waals surface area contributed by atoms with Crippen molar-refractivity contribution >= 4 is 11.8 Å². The van der Waals surface area contributed by atoms with E-state index in [1.54, 1.807) is 30.4 Å². The molecule has 0 aliphatic rings. The summed E-state index contributed by atoms with van der Waals surface area (Å²) in [6, 6.07) is 9.04. The van der Waals surface area contributed by atoms with Crippen molar-refractivity contribution in [3.8, 4) is 0 Å². The third-order valence-corrected chi connectivity index (χ3v) is 3.73. The maximum Gasteiger partial charge on any atom is 0.119 e. The highest BCUT2D eigenvalue weighted by Gasteiger charge is 2.06. The second-order valence-electron chi connectivity index (χ2n) is 3.96. The van der Waals surface area contributed by atoms with Gasteiger partial charge in [-0.2, -0.15) is 0 Å². The molecule has 1 unspecified atom stereocenters. The molecule has 0 aliphatic heterocycles. The number of benzene rings is 1. The molecule has 0 bridgehead atoms. The summed E-state index contributed by atoms with van der Waals surface area (Å²) < 4.78 is 0. The number of rotatable bonds is 5. The van der Waals surface area contributed by atoms with Gasteiger partial charge in [-0.1, -0.05) is 30.8 Å². The summed E-state index contributed by atoms with van der Waals surface area (Å²) in [5, 5.41) is 4.23. The van der Waals surface area contributed by atoms with E-state index >= 15 is 0 Å². The lowest BCUT2D eigenvalue weighted by Gasteiger charge is -2.14. The molecule has 1 aromatic carbocycles. The number of aromatic nitrogens is 2. The van der Waals surface area contributed by atoms with Gasteiger partial charge in [0.25, 0.3) is 0 Å². The van der Waals surface area contributed by atoms with Crippen molar-refractivity contribution in [2.75, 3.05) is 7.05 Å². The molecule has 2 rings (SSSR count). The van der Waals surface area contributed by atoms with Gasteiger partial charge in [0.15, 0.2) is 0 Å². The molecular formula is C14H17N3S. The van der Waals surface area contributed by atoms with Gasteiger partial charge in [0.2, 0.25) is 0 Å². The summed E-state index contributed by atoms with van der Waals surface area (Å²) in [7, 11) is 2.00. The molecule has 0 amide bonds. The van der Waals surface area contributed by atoms with Crippen molar-refractivity contribution in [2.45, 2.75) is 29.3 Å². The fraction of sp³-hybridized carbons (Fsp3) is 0.286. The van der Waals surface area contributed by atoms with Crippen LogP contribution in [-0.2, 0) is 0 Å². The predicted molar refractivity (Wildman–Crippen MR) is 74.7 cm³/mol. The summed E-state index contributed by atoms with van der Waals surface area (Å²) in [5.41, 5.74) is 1.32. The van der Waals surface area contributed by atoms with Gasteiger partial charge in [-0.25, -0.2) is 4.98 Å². The Balaban J connectivity index is 2.08. The first-order valence-electron chi connectivity index (χ1n) is 6.04. The second-order valence-corrected chi connectivity index (χ2v) is 5.06. The molecule has 1 N–H and O–H groups in total. The standard InChI is InChI=1S/C14H17N3S/c1-3-13(15-2)11-4-6-12(7-5-11)18-14-10-16-8-9-17-14/h4-10,13,15H,3H2,1-2H3. The minimum absolute atomic E-state index is 0.431. The Bertz CT molecular complexity index is 466. The lowest BCUT2D eigenvalue weighted by Crippen LogP contribution is -2.14. The maximum absolute atomic E-state index is 4.25. The Kier molecular flexibility index (Phi) is 4.73. The third-order valence-electron chi connectivity index (χ3n) is 2.80. The van der Waals surface area contributed by atoms with Crippen LogP contribution < -0.4 is 5.32 Å². The van der Waals surface area contributed by atoms with Crippen LogP contribution in [0.2, 0.25) is 0 Å². The maximum atomic E-state index is 4.25. The van der Waals surface area contributed by atoms with Gasteiger partial charge in [0, 0.05) is 23.3 Å². The van der Waals surface area contributed by atoms with Crippen LogP contribution in [0, 0.1) is 0 Å². The van der Waals surface area contributed by atoms with E-state index in [2.05, 4.69) is 46.5 Å². The topological polar surface area (TPSA) is 37.8 Å². The third kappa shape index (κ3) is 3.31. The van der Waals surface area contributed by atoms with E-state index in [-0.39, 0.29) is 0 Å². The molecule has 0 aliphatic carbocycles.